The van der Waals surface area contributed by atoms with Crippen LogP contribution in [0.5, 0.6) is 0 Å². The van der Waals surface area contributed by atoms with E-state index in [-0.39, 0.29) is 14.5 Å². The monoisotopic (exact) mass is 639 g/mol. The van der Waals surface area contributed by atoms with Crippen LogP contribution in [0.15, 0.2) is 152 Å². The van der Waals surface area contributed by atoms with Crippen molar-refractivity contribution in [2.45, 2.75) is 0 Å². The summed E-state index contributed by atoms with van der Waals surface area (Å²) in [7, 11) is 0. The first-order valence-electron chi connectivity index (χ1n) is 15.0. The Kier molecular flexibility index (Phi) is 6.15. The van der Waals surface area contributed by atoms with Gasteiger partial charge in [-0.25, -0.2) is 0 Å². The molecule has 45 heavy (non-hydrogen) atoms. The molecule has 0 radical (unpaired) electrons. The van der Waals surface area contributed by atoms with Gasteiger partial charge in [0.25, 0.3) is 0 Å². The van der Waals surface area contributed by atoms with E-state index in [1.807, 2.05) is 36.4 Å². The maximum absolute atomic E-state index is 5.11. The summed E-state index contributed by atoms with van der Waals surface area (Å²) in [4.78, 5) is 15.2. The molecule has 0 fully saturated rings. The predicted molar refractivity (Wildman–Crippen MR) is 189 cm³/mol. The van der Waals surface area contributed by atoms with Crippen LogP contribution in [0, 0.1) is 0 Å². The molecular formula is C41H25N3Se. The van der Waals surface area contributed by atoms with E-state index in [4.69, 9.17) is 15.0 Å². The van der Waals surface area contributed by atoms with Crippen molar-refractivity contribution in [2.75, 3.05) is 0 Å². The van der Waals surface area contributed by atoms with Crippen LogP contribution in [0.1, 0.15) is 0 Å². The number of hydrogen-bond acceptors (Lipinski definition) is 3. The number of rotatable bonds is 4. The van der Waals surface area contributed by atoms with Crippen molar-refractivity contribution < 1.29 is 0 Å². The first kappa shape index (κ1) is 26.0. The van der Waals surface area contributed by atoms with E-state index >= 15 is 0 Å². The summed E-state index contributed by atoms with van der Waals surface area (Å²) in [6.45, 7) is 0. The molecule has 0 saturated heterocycles. The standard InChI is InChI=1S/C41H25N3Se/c1-3-14-27(15-4-1)39-42-40(28-16-5-2-6-17-28)44-41(43-39)32-20-10-9-19-31(32)34-25-29-24-23-26-13-7-8-18-30(26)36(29)38-37(34)33-21-11-12-22-35(33)45-38/h1-25H. The second-order valence-electron chi connectivity index (χ2n) is 11.2. The van der Waals surface area contributed by atoms with Crippen LogP contribution in [0.3, 0.4) is 0 Å². The Morgan fingerprint density at radius 1 is 0.378 bits per heavy atom. The molecule has 210 valence electrons. The van der Waals surface area contributed by atoms with Crippen molar-refractivity contribution in [3.05, 3.63) is 152 Å². The molecule has 0 spiro atoms. The Labute approximate surface area is 266 Å². The summed E-state index contributed by atoms with van der Waals surface area (Å²) >= 11 is 0.188. The van der Waals surface area contributed by atoms with Crippen LogP contribution in [-0.4, -0.2) is 29.5 Å². The fourth-order valence-corrected chi connectivity index (χ4v) is 9.16. The van der Waals surface area contributed by atoms with Gasteiger partial charge in [0.05, 0.1) is 0 Å². The van der Waals surface area contributed by atoms with Crippen LogP contribution in [0.2, 0.25) is 0 Å². The van der Waals surface area contributed by atoms with Crippen LogP contribution in [0.4, 0.5) is 0 Å². The minimum atomic E-state index is 0.188. The van der Waals surface area contributed by atoms with E-state index in [2.05, 4.69) is 115 Å². The molecule has 0 amide bonds. The zero-order valence-corrected chi connectivity index (χ0v) is 25.9. The van der Waals surface area contributed by atoms with Gasteiger partial charge < -0.3 is 0 Å². The molecule has 0 bridgehead atoms. The average molecular weight is 639 g/mol. The molecule has 2 aromatic heterocycles. The molecule has 2 heterocycles. The van der Waals surface area contributed by atoms with E-state index < -0.39 is 0 Å². The normalized spacial score (nSPS) is 11.6. The summed E-state index contributed by atoms with van der Waals surface area (Å²) in [5.74, 6) is 2.00. The third-order valence-electron chi connectivity index (χ3n) is 8.51. The first-order valence-corrected chi connectivity index (χ1v) is 16.8. The third kappa shape index (κ3) is 4.38. The van der Waals surface area contributed by atoms with Gasteiger partial charge >= 0.3 is 267 Å². The van der Waals surface area contributed by atoms with Crippen molar-refractivity contribution in [3.63, 3.8) is 0 Å². The Bertz CT molecular complexity index is 2480. The van der Waals surface area contributed by atoms with E-state index in [0.29, 0.717) is 17.5 Å². The van der Waals surface area contributed by atoms with E-state index in [9.17, 15) is 0 Å². The molecule has 0 aliphatic carbocycles. The summed E-state index contributed by atoms with van der Waals surface area (Å²) in [5, 5.41) is 7.90. The van der Waals surface area contributed by atoms with Gasteiger partial charge in [-0.3, -0.25) is 0 Å². The van der Waals surface area contributed by atoms with Gasteiger partial charge in [-0.1, -0.05) is 0 Å². The van der Waals surface area contributed by atoms with Gasteiger partial charge in [-0.15, -0.1) is 0 Å². The van der Waals surface area contributed by atoms with Crippen molar-refractivity contribution in [1.29, 1.82) is 0 Å². The molecule has 3 nitrogen and oxygen atoms in total. The van der Waals surface area contributed by atoms with Crippen molar-refractivity contribution in [3.8, 4) is 45.3 Å². The van der Waals surface area contributed by atoms with Gasteiger partial charge in [-0.2, -0.15) is 0 Å². The molecule has 9 rings (SSSR count). The molecule has 7 aromatic carbocycles. The summed E-state index contributed by atoms with van der Waals surface area (Å²) in [6.07, 6.45) is 0. The zero-order valence-electron chi connectivity index (χ0n) is 24.2. The molecule has 0 unspecified atom stereocenters. The molecule has 0 aliphatic heterocycles. The fourth-order valence-electron chi connectivity index (χ4n) is 6.43. The number of benzene rings is 7. The molecule has 0 aliphatic rings. The SMILES string of the molecule is c1ccc(-c2nc(-c3ccccc3)nc(-c3ccccc3-c3cc4ccc5ccccc5c4c4[se]c5ccccc5c34)n2)cc1. The number of hydrogen-bond donors (Lipinski definition) is 0. The first-order chi connectivity index (χ1) is 22.3. The predicted octanol–water partition coefficient (Wildman–Crippen LogP) is 10.2. The Hall–Kier alpha value is -5.41. The van der Waals surface area contributed by atoms with Crippen LogP contribution in [0.25, 0.3) is 86.1 Å². The quantitative estimate of drug-likeness (QED) is 0.142. The molecule has 0 N–H and O–H groups in total. The number of nitrogens with zero attached hydrogens (tertiary/aromatic N) is 3. The Balaban J connectivity index is 1.36. The topological polar surface area (TPSA) is 38.7 Å². The van der Waals surface area contributed by atoms with Crippen molar-refractivity contribution in [2.24, 2.45) is 0 Å². The zero-order chi connectivity index (χ0) is 29.7. The van der Waals surface area contributed by atoms with Gasteiger partial charge in [0.1, 0.15) is 0 Å². The van der Waals surface area contributed by atoms with Crippen molar-refractivity contribution >= 4 is 55.3 Å². The van der Waals surface area contributed by atoms with E-state index in [1.165, 1.54) is 46.4 Å². The molecule has 4 heteroatoms. The molecule has 0 atom stereocenters. The van der Waals surface area contributed by atoms with Crippen LogP contribution in [-0.2, 0) is 0 Å². The molecular weight excluding hydrogens is 613 g/mol. The van der Waals surface area contributed by atoms with Gasteiger partial charge in [-0.05, 0) is 0 Å². The second kappa shape index (κ2) is 10.6. The van der Waals surface area contributed by atoms with Gasteiger partial charge in [0.15, 0.2) is 0 Å². The summed E-state index contributed by atoms with van der Waals surface area (Å²) in [6, 6.07) is 53.5. The minimum absolute atomic E-state index is 0.188. The fraction of sp³-hybridized carbons (Fsp3) is 0. The van der Waals surface area contributed by atoms with Crippen LogP contribution < -0.4 is 0 Å². The molecule has 0 saturated carbocycles. The van der Waals surface area contributed by atoms with E-state index in [0.717, 1.165) is 22.3 Å². The summed E-state index contributed by atoms with van der Waals surface area (Å²) < 4.78 is 2.88. The Morgan fingerprint density at radius 3 is 1.67 bits per heavy atom. The van der Waals surface area contributed by atoms with Gasteiger partial charge in [0.2, 0.25) is 0 Å². The second-order valence-corrected chi connectivity index (χ2v) is 13.4. The molecule has 9 aromatic rings. The number of aromatic nitrogens is 3. The number of fused-ring (bicyclic) bond motifs is 7. The Morgan fingerprint density at radius 2 is 0.933 bits per heavy atom. The van der Waals surface area contributed by atoms with Crippen LogP contribution >= 0.6 is 0 Å². The maximum atomic E-state index is 5.11. The van der Waals surface area contributed by atoms with E-state index in [1.54, 1.807) is 0 Å². The van der Waals surface area contributed by atoms with Gasteiger partial charge in [0, 0.05) is 0 Å². The summed E-state index contributed by atoms with van der Waals surface area (Å²) in [5.41, 5.74) is 5.27. The van der Waals surface area contributed by atoms with Crippen molar-refractivity contribution in [1.82, 2.24) is 15.0 Å². The third-order valence-corrected chi connectivity index (χ3v) is 11.0. The average Bonchev–Trinajstić information content (AvgIpc) is 3.51.